The van der Waals surface area contributed by atoms with Crippen LogP contribution in [0.4, 0.5) is 0 Å². The molecule has 1 heterocycles. The first kappa shape index (κ1) is 20.8. The van der Waals surface area contributed by atoms with Gasteiger partial charge in [0, 0.05) is 16.8 Å². The Hall–Kier alpha value is -3.44. The second kappa shape index (κ2) is 8.74. The molecule has 3 aromatic carbocycles. The van der Waals surface area contributed by atoms with Gasteiger partial charge in [0.2, 0.25) is 0 Å². The lowest BCUT2D eigenvalue weighted by Gasteiger charge is -2.30. The lowest BCUT2D eigenvalue weighted by atomic mass is 9.90. The largest absolute Gasteiger partial charge is 0.457 e. The van der Waals surface area contributed by atoms with Gasteiger partial charge in [-0.25, -0.2) is 0 Å². The maximum atomic E-state index is 13.3. The molecule has 31 heavy (non-hydrogen) atoms. The summed E-state index contributed by atoms with van der Waals surface area (Å²) in [6.07, 6.45) is 0. The molecule has 4 nitrogen and oxygen atoms in total. The minimum absolute atomic E-state index is 0.0268. The van der Waals surface area contributed by atoms with Crippen LogP contribution in [0.1, 0.15) is 40.0 Å². The molecule has 1 aliphatic heterocycles. The van der Waals surface area contributed by atoms with Gasteiger partial charge in [0.05, 0.1) is 6.04 Å². The van der Waals surface area contributed by atoms with Crippen LogP contribution in [0.5, 0.6) is 11.5 Å². The molecule has 0 saturated heterocycles. The van der Waals surface area contributed by atoms with Crippen LogP contribution in [0.2, 0.25) is 0 Å². The van der Waals surface area contributed by atoms with Gasteiger partial charge >= 0.3 is 0 Å². The van der Waals surface area contributed by atoms with Crippen molar-refractivity contribution in [2.75, 3.05) is 0 Å². The summed E-state index contributed by atoms with van der Waals surface area (Å²) in [5.74, 6) is 1.51. The molecular weight excluding hydrogens is 404 g/mol. The molecule has 2 N–H and O–H groups in total. The van der Waals surface area contributed by atoms with Gasteiger partial charge in [0.15, 0.2) is 10.9 Å². The molecule has 0 aromatic heterocycles. The first-order valence-corrected chi connectivity index (χ1v) is 10.6. The van der Waals surface area contributed by atoms with Gasteiger partial charge in [-0.05, 0) is 73.9 Å². The van der Waals surface area contributed by atoms with Gasteiger partial charge in [-0.3, -0.25) is 4.79 Å². The van der Waals surface area contributed by atoms with Crippen molar-refractivity contribution in [1.82, 2.24) is 10.6 Å². The maximum Gasteiger partial charge on any atom is 0.193 e. The van der Waals surface area contributed by atoms with Crippen molar-refractivity contribution in [2.45, 2.75) is 26.8 Å². The fourth-order valence-corrected chi connectivity index (χ4v) is 3.90. The number of carbonyl (C=O) groups excluding carboxylic acids is 1. The molecule has 0 bridgehead atoms. The minimum Gasteiger partial charge on any atom is -0.457 e. The third kappa shape index (κ3) is 4.52. The van der Waals surface area contributed by atoms with E-state index in [1.807, 2.05) is 79.7 Å². The fraction of sp³-hybridized carbons (Fsp3) is 0.154. The van der Waals surface area contributed by atoms with Crippen LogP contribution in [0.3, 0.4) is 0 Å². The Morgan fingerprint density at radius 2 is 1.55 bits per heavy atom. The number of thiocarbonyl (C=S) groups is 1. The summed E-state index contributed by atoms with van der Waals surface area (Å²) in [6, 6.07) is 22.7. The second-order valence-electron chi connectivity index (χ2n) is 7.68. The van der Waals surface area contributed by atoms with Gasteiger partial charge in [-0.1, -0.05) is 48.5 Å². The summed E-state index contributed by atoms with van der Waals surface area (Å²) in [7, 11) is 0. The molecule has 4 rings (SSSR count). The maximum absolute atomic E-state index is 13.3. The Balaban J connectivity index is 1.62. The average molecular weight is 429 g/mol. The second-order valence-corrected chi connectivity index (χ2v) is 8.09. The van der Waals surface area contributed by atoms with Crippen molar-refractivity contribution in [3.63, 3.8) is 0 Å². The number of carbonyl (C=O) groups is 1. The number of benzene rings is 3. The lowest BCUT2D eigenvalue weighted by Crippen LogP contribution is -2.44. The third-order valence-corrected chi connectivity index (χ3v) is 5.70. The van der Waals surface area contributed by atoms with Crippen molar-refractivity contribution in [1.29, 1.82) is 0 Å². The molecule has 0 amide bonds. The highest BCUT2D eigenvalue weighted by atomic mass is 32.1. The van der Waals surface area contributed by atoms with E-state index in [2.05, 4.69) is 24.5 Å². The molecule has 1 atom stereocenters. The first-order chi connectivity index (χ1) is 14.9. The van der Waals surface area contributed by atoms with Gasteiger partial charge in [-0.15, -0.1) is 0 Å². The van der Waals surface area contributed by atoms with E-state index in [4.69, 9.17) is 17.0 Å². The zero-order chi connectivity index (χ0) is 22.0. The molecule has 0 fully saturated rings. The number of rotatable bonds is 5. The van der Waals surface area contributed by atoms with E-state index in [9.17, 15) is 4.79 Å². The quantitative estimate of drug-likeness (QED) is 0.399. The normalized spacial score (nSPS) is 15.8. The van der Waals surface area contributed by atoms with Gasteiger partial charge in [0.25, 0.3) is 0 Å². The zero-order valence-corrected chi connectivity index (χ0v) is 18.5. The van der Waals surface area contributed by atoms with Crippen LogP contribution in [0.15, 0.2) is 84.1 Å². The molecule has 1 aliphatic rings. The van der Waals surface area contributed by atoms with E-state index in [-0.39, 0.29) is 11.8 Å². The average Bonchev–Trinajstić information content (AvgIpc) is 2.76. The summed E-state index contributed by atoms with van der Waals surface area (Å²) in [5.41, 5.74) is 5.42. The van der Waals surface area contributed by atoms with Crippen molar-refractivity contribution in [3.8, 4) is 11.5 Å². The molecular formula is C26H24N2O2S. The summed E-state index contributed by atoms with van der Waals surface area (Å²) < 4.78 is 6.00. The molecule has 0 aliphatic carbocycles. The van der Waals surface area contributed by atoms with E-state index >= 15 is 0 Å². The fourth-order valence-electron chi connectivity index (χ4n) is 3.63. The van der Waals surface area contributed by atoms with Crippen molar-refractivity contribution in [3.05, 3.63) is 106 Å². The molecule has 3 aromatic rings. The Labute approximate surface area is 188 Å². The molecule has 1 unspecified atom stereocenters. The topological polar surface area (TPSA) is 50.4 Å². The van der Waals surface area contributed by atoms with E-state index in [1.165, 1.54) is 11.1 Å². The number of Topliss-reactive ketones (excluding diaryl/α,β-unsaturated/α-hetero) is 1. The van der Waals surface area contributed by atoms with E-state index in [1.54, 1.807) is 0 Å². The minimum atomic E-state index is -0.336. The number of aryl methyl sites for hydroxylation is 2. The highest BCUT2D eigenvalue weighted by Crippen LogP contribution is 2.31. The van der Waals surface area contributed by atoms with Crippen LogP contribution >= 0.6 is 12.2 Å². The Bertz CT molecular complexity index is 1170. The van der Waals surface area contributed by atoms with Crippen LogP contribution < -0.4 is 15.4 Å². The summed E-state index contributed by atoms with van der Waals surface area (Å²) in [5, 5.41) is 6.84. The van der Waals surface area contributed by atoms with Crippen molar-refractivity contribution >= 4 is 23.1 Å². The highest BCUT2D eigenvalue weighted by Gasteiger charge is 2.30. The number of hydrogen-bond acceptors (Lipinski definition) is 3. The van der Waals surface area contributed by atoms with Gasteiger partial charge in [0.1, 0.15) is 11.5 Å². The highest BCUT2D eigenvalue weighted by molar-refractivity contribution is 7.80. The summed E-state index contributed by atoms with van der Waals surface area (Å²) in [6.45, 7) is 6.03. The number of ether oxygens (including phenoxy) is 1. The number of allylic oxidation sites excluding steroid dienone is 1. The van der Waals surface area contributed by atoms with Crippen LogP contribution in [0.25, 0.3) is 0 Å². The Kier molecular flexibility index (Phi) is 5.87. The smallest absolute Gasteiger partial charge is 0.193 e. The SMILES string of the molecule is CC1=C(C(=O)c2ccccc2)C(c2ccc(Oc3ccc(C)c(C)c3)cc2)NC(=S)N1. The molecule has 0 spiro atoms. The number of nitrogens with one attached hydrogen (secondary N) is 2. The van der Waals surface area contributed by atoms with Crippen LogP contribution in [-0.4, -0.2) is 10.9 Å². The molecule has 156 valence electrons. The first-order valence-electron chi connectivity index (χ1n) is 10.2. The lowest BCUT2D eigenvalue weighted by molar-refractivity contribution is 0.102. The Morgan fingerprint density at radius 3 is 2.23 bits per heavy atom. The summed E-state index contributed by atoms with van der Waals surface area (Å²) in [4.78, 5) is 13.3. The standard InChI is InChI=1S/C26H24N2O2S/c1-16-9-12-22(15-17(16)2)30-21-13-10-19(11-14-21)24-23(18(3)27-26(31)28-24)25(29)20-7-5-4-6-8-20/h4-15,24H,1-3H3,(H2,27,28,31). The van der Waals surface area contributed by atoms with E-state index in [0.717, 1.165) is 22.8 Å². The molecule has 0 saturated carbocycles. The van der Waals surface area contributed by atoms with E-state index < -0.39 is 0 Å². The van der Waals surface area contributed by atoms with Crippen molar-refractivity contribution < 1.29 is 9.53 Å². The van der Waals surface area contributed by atoms with Crippen LogP contribution in [-0.2, 0) is 0 Å². The molecule has 0 radical (unpaired) electrons. The monoisotopic (exact) mass is 428 g/mol. The molecule has 5 heteroatoms. The van der Waals surface area contributed by atoms with Crippen LogP contribution in [0, 0.1) is 13.8 Å². The predicted molar refractivity (Wildman–Crippen MR) is 128 cm³/mol. The zero-order valence-electron chi connectivity index (χ0n) is 17.7. The van der Waals surface area contributed by atoms with Crippen molar-refractivity contribution in [2.24, 2.45) is 0 Å². The Morgan fingerprint density at radius 1 is 0.871 bits per heavy atom. The number of ketones is 1. The summed E-state index contributed by atoms with van der Waals surface area (Å²) >= 11 is 5.36. The van der Waals surface area contributed by atoms with Gasteiger partial charge < -0.3 is 15.4 Å². The van der Waals surface area contributed by atoms with E-state index in [0.29, 0.717) is 16.2 Å². The third-order valence-electron chi connectivity index (χ3n) is 5.48. The van der Waals surface area contributed by atoms with Gasteiger partial charge in [-0.2, -0.15) is 0 Å². The predicted octanol–water partition coefficient (Wildman–Crippen LogP) is 5.77. The number of hydrogen-bond donors (Lipinski definition) is 2.